The monoisotopic (exact) mass is 560 g/mol. The molecule has 5 rings (SSSR count). The second-order valence-electron chi connectivity index (χ2n) is 9.35. The Kier molecular flexibility index (Phi) is 12.3. The van der Waals surface area contributed by atoms with Gasteiger partial charge in [0.1, 0.15) is 11.6 Å². The third-order valence-electron chi connectivity index (χ3n) is 7.24. The summed E-state index contributed by atoms with van der Waals surface area (Å²) in [5, 5.41) is 8.49. The van der Waals surface area contributed by atoms with Gasteiger partial charge in [0.15, 0.2) is 0 Å². The van der Waals surface area contributed by atoms with Gasteiger partial charge in [-0.2, -0.15) is 0 Å². The SMILES string of the molecule is CC.CCC1CN(c2ncc(-c3ncc[nH]3)cc2Cl)CCN1C1CCN(Cc2ccc(Cl)cc2)CC1.CO. The average Bonchev–Trinajstić information content (AvgIpc) is 3.52. The summed E-state index contributed by atoms with van der Waals surface area (Å²) in [7, 11) is 1.00. The van der Waals surface area contributed by atoms with Crippen LogP contribution in [0.1, 0.15) is 45.6 Å². The molecule has 0 radical (unpaired) electrons. The Hall–Kier alpha value is -2.16. The van der Waals surface area contributed by atoms with Gasteiger partial charge in [0.2, 0.25) is 0 Å². The van der Waals surface area contributed by atoms with Crippen LogP contribution in [0.4, 0.5) is 5.82 Å². The molecule has 2 aliphatic heterocycles. The number of hydrogen-bond acceptors (Lipinski definition) is 6. The van der Waals surface area contributed by atoms with Gasteiger partial charge in [-0.05, 0) is 56.1 Å². The van der Waals surface area contributed by atoms with E-state index in [1.54, 1.807) is 6.20 Å². The summed E-state index contributed by atoms with van der Waals surface area (Å²) in [6.07, 6.45) is 8.99. The molecular weight excluding hydrogens is 519 g/mol. The van der Waals surface area contributed by atoms with Crippen molar-refractivity contribution in [2.75, 3.05) is 44.7 Å². The van der Waals surface area contributed by atoms with Crippen molar-refractivity contribution in [3.63, 3.8) is 0 Å². The number of aliphatic hydroxyl groups is 1. The Balaban J connectivity index is 0.000000956. The largest absolute Gasteiger partial charge is 0.400 e. The molecule has 0 spiro atoms. The molecule has 1 aromatic carbocycles. The molecule has 7 nitrogen and oxygen atoms in total. The van der Waals surface area contributed by atoms with Crippen molar-refractivity contribution >= 4 is 29.0 Å². The van der Waals surface area contributed by atoms with Crippen LogP contribution in [0.5, 0.6) is 0 Å². The maximum atomic E-state index is 7.00. The van der Waals surface area contributed by atoms with Crippen LogP contribution in [0.25, 0.3) is 11.4 Å². The van der Waals surface area contributed by atoms with Gasteiger partial charge in [-0.15, -0.1) is 0 Å². The highest BCUT2D eigenvalue weighted by molar-refractivity contribution is 6.33. The number of rotatable bonds is 6. The molecule has 2 aliphatic rings. The van der Waals surface area contributed by atoms with Gasteiger partial charge in [-0.25, -0.2) is 9.97 Å². The van der Waals surface area contributed by atoms with E-state index < -0.39 is 0 Å². The maximum Gasteiger partial charge on any atom is 0.147 e. The molecule has 2 saturated heterocycles. The zero-order valence-corrected chi connectivity index (χ0v) is 24.6. The number of piperazine rings is 1. The second kappa shape index (κ2) is 15.4. The first-order valence-corrected chi connectivity index (χ1v) is 14.4. The molecule has 1 unspecified atom stereocenters. The van der Waals surface area contributed by atoms with Crippen LogP contribution >= 0.6 is 23.2 Å². The predicted octanol–water partition coefficient (Wildman–Crippen LogP) is 5.98. The lowest BCUT2D eigenvalue weighted by atomic mass is 9.98. The molecule has 0 bridgehead atoms. The van der Waals surface area contributed by atoms with E-state index >= 15 is 0 Å². The topological polar surface area (TPSA) is 71.5 Å². The van der Waals surface area contributed by atoms with E-state index in [9.17, 15) is 0 Å². The molecule has 3 aromatic rings. The van der Waals surface area contributed by atoms with E-state index in [0.717, 1.165) is 75.0 Å². The van der Waals surface area contributed by atoms with Crippen LogP contribution in [-0.4, -0.2) is 81.8 Å². The van der Waals surface area contributed by atoms with Crippen molar-refractivity contribution in [1.82, 2.24) is 24.8 Å². The summed E-state index contributed by atoms with van der Waals surface area (Å²) in [6.45, 7) is 12.6. The Morgan fingerprint density at radius 3 is 2.32 bits per heavy atom. The van der Waals surface area contributed by atoms with Crippen LogP contribution in [0, 0.1) is 0 Å². The van der Waals surface area contributed by atoms with E-state index in [1.807, 2.05) is 44.4 Å². The zero-order valence-electron chi connectivity index (χ0n) is 23.1. The number of benzene rings is 1. The highest BCUT2D eigenvalue weighted by atomic mass is 35.5. The number of likely N-dealkylation sites (tertiary alicyclic amines) is 1. The number of H-pyrrole nitrogens is 1. The minimum absolute atomic E-state index is 0.518. The van der Waals surface area contributed by atoms with Crippen LogP contribution in [-0.2, 0) is 6.54 Å². The summed E-state index contributed by atoms with van der Waals surface area (Å²) in [5.41, 5.74) is 2.25. The van der Waals surface area contributed by atoms with Crippen molar-refractivity contribution in [2.24, 2.45) is 0 Å². The molecule has 2 N–H and O–H groups in total. The third kappa shape index (κ3) is 7.70. The lowest BCUT2D eigenvalue weighted by molar-refractivity contribution is 0.0610. The molecule has 4 heterocycles. The Morgan fingerprint density at radius 2 is 1.71 bits per heavy atom. The molecule has 208 valence electrons. The van der Waals surface area contributed by atoms with Crippen molar-refractivity contribution in [3.05, 3.63) is 64.5 Å². The fraction of sp³-hybridized carbons (Fsp3) is 0.517. The van der Waals surface area contributed by atoms with Crippen molar-refractivity contribution in [3.8, 4) is 11.4 Å². The number of nitrogens with zero attached hydrogens (tertiary/aromatic N) is 5. The quantitative estimate of drug-likeness (QED) is 0.386. The number of nitrogens with one attached hydrogen (secondary N) is 1. The highest BCUT2D eigenvalue weighted by Crippen LogP contribution is 2.31. The van der Waals surface area contributed by atoms with Crippen LogP contribution < -0.4 is 4.90 Å². The number of pyridine rings is 1. The number of piperidine rings is 1. The minimum atomic E-state index is 0.518. The highest BCUT2D eigenvalue weighted by Gasteiger charge is 2.34. The Labute approximate surface area is 237 Å². The summed E-state index contributed by atoms with van der Waals surface area (Å²) in [5.74, 6) is 1.67. The lowest BCUT2D eigenvalue weighted by Gasteiger charge is -2.47. The van der Waals surface area contributed by atoms with Gasteiger partial charge >= 0.3 is 0 Å². The standard InChI is InChI=1S/C26H32Cl2N6.C2H6.CH4O/c1-2-22-18-33(26-24(28)15-20(16-31-26)25-29-9-10-30-25)13-14-34(22)23-7-11-32(12-8-23)17-19-3-5-21(27)6-4-19;2*1-2/h3-6,9-10,15-16,22-23H,2,7-8,11-14,17-18H2,1H3,(H,29,30);1-2H3;2H,1H3. The van der Waals surface area contributed by atoms with Gasteiger partial charge in [-0.3, -0.25) is 9.80 Å². The van der Waals surface area contributed by atoms with Gasteiger partial charge in [0.25, 0.3) is 0 Å². The molecule has 0 amide bonds. The molecule has 0 saturated carbocycles. The van der Waals surface area contributed by atoms with Gasteiger partial charge in [0, 0.05) is 74.5 Å². The third-order valence-corrected chi connectivity index (χ3v) is 7.77. The fourth-order valence-electron chi connectivity index (χ4n) is 5.38. The number of imidazole rings is 1. The average molecular weight is 562 g/mol. The maximum absolute atomic E-state index is 7.00. The molecule has 38 heavy (non-hydrogen) atoms. The lowest BCUT2D eigenvalue weighted by Crippen LogP contribution is -2.58. The fourth-order valence-corrected chi connectivity index (χ4v) is 5.79. The van der Waals surface area contributed by atoms with Gasteiger partial charge < -0.3 is 15.0 Å². The molecule has 9 heteroatoms. The summed E-state index contributed by atoms with van der Waals surface area (Å²) < 4.78 is 0. The first kappa shape index (κ1) is 30.4. The van der Waals surface area contributed by atoms with Crippen LogP contribution in [0.3, 0.4) is 0 Å². The number of halogens is 2. The number of aliphatic hydroxyl groups excluding tert-OH is 1. The van der Waals surface area contributed by atoms with Crippen molar-refractivity contribution < 1.29 is 5.11 Å². The number of hydrogen-bond donors (Lipinski definition) is 2. The molecule has 2 aromatic heterocycles. The number of anilines is 1. The molecule has 0 aliphatic carbocycles. The number of aromatic nitrogens is 3. The molecule has 2 fully saturated rings. The van der Waals surface area contributed by atoms with Crippen LogP contribution in [0.15, 0.2) is 48.9 Å². The summed E-state index contributed by atoms with van der Waals surface area (Å²) >= 11 is 12.7. The zero-order chi connectivity index (χ0) is 27.5. The molecular formula is C29H42Cl2N6O. The van der Waals surface area contributed by atoms with E-state index in [4.69, 9.17) is 33.3 Å². The Bertz CT molecular complexity index is 1070. The predicted molar refractivity (Wildman–Crippen MR) is 159 cm³/mol. The first-order valence-electron chi connectivity index (χ1n) is 13.7. The Morgan fingerprint density at radius 1 is 1.00 bits per heavy atom. The van der Waals surface area contributed by atoms with E-state index in [-0.39, 0.29) is 0 Å². The van der Waals surface area contributed by atoms with E-state index in [1.165, 1.54) is 18.4 Å². The van der Waals surface area contributed by atoms with Gasteiger partial charge in [0.05, 0.1) is 5.02 Å². The first-order chi connectivity index (χ1) is 18.6. The molecule has 1 atom stereocenters. The summed E-state index contributed by atoms with van der Waals surface area (Å²) in [6, 6.07) is 11.4. The van der Waals surface area contributed by atoms with Crippen molar-refractivity contribution in [2.45, 2.75) is 58.7 Å². The van der Waals surface area contributed by atoms with E-state index in [0.29, 0.717) is 17.1 Å². The van der Waals surface area contributed by atoms with E-state index in [2.05, 4.69) is 43.7 Å². The van der Waals surface area contributed by atoms with Crippen LogP contribution in [0.2, 0.25) is 10.0 Å². The van der Waals surface area contributed by atoms with Gasteiger partial charge in [-0.1, -0.05) is 56.1 Å². The smallest absolute Gasteiger partial charge is 0.147 e. The van der Waals surface area contributed by atoms with Crippen molar-refractivity contribution in [1.29, 1.82) is 0 Å². The normalized spacial score (nSPS) is 18.8. The minimum Gasteiger partial charge on any atom is -0.400 e. The number of aromatic amines is 1. The second-order valence-corrected chi connectivity index (χ2v) is 10.2. The summed E-state index contributed by atoms with van der Waals surface area (Å²) in [4.78, 5) is 19.8.